The highest BCUT2D eigenvalue weighted by Crippen LogP contribution is 2.24. The van der Waals surface area contributed by atoms with Crippen molar-refractivity contribution in [1.29, 1.82) is 0 Å². The molecule has 7 heteroatoms. The van der Waals surface area contributed by atoms with Gasteiger partial charge in [0.15, 0.2) is 3.95 Å². The highest BCUT2D eigenvalue weighted by atomic mass is 32.1. The molecular formula is C20H17N3OS3. The molecule has 0 atom stereocenters. The fraction of sp³-hybridized carbons (Fsp3) is 0.150. The third-order valence-corrected chi connectivity index (χ3v) is 6.52. The summed E-state index contributed by atoms with van der Waals surface area (Å²) < 4.78 is 3.71. The van der Waals surface area contributed by atoms with Crippen molar-refractivity contribution in [2.24, 2.45) is 0 Å². The predicted molar refractivity (Wildman–Crippen MR) is 115 cm³/mol. The maximum Gasteiger partial charge on any atom is 0.240 e. The molecule has 0 unspecified atom stereocenters. The maximum atomic E-state index is 12.5. The molecule has 0 radical (unpaired) electrons. The molecule has 2 heterocycles. The Kier molecular flexibility index (Phi) is 5.15. The van der Waals surface area contributed by atoms with Gasteiger partial charge in [-0.3, -0.25) is 4.79 Å². The van der Waals surface area contributed by atoms with E-state index in [4.69, 9.17) is 12.2 Å². The monoisotopic (exact) mass is 411 g/mol. The Bertz CT molecular complexity index is 1120. The van der Waals surface area contributed by atoms with Crippen LogP contribution in [-0.4, -0.2) is 15.5 Å². The Morgan fingerprint density at radius 2 is 1.96 bits per heavy atom. The van der Waals surface area contributed by atoms with E-state index in [-0.39, 0.29) is 12.5 Å². The lowest BCUT2D eigenvalue weighted by atomic mass is 10.1. The van der Waals surface area contributed by atoms with E-state index in [2.05, 4.69) is 41.5 Å². The van der Waals surface area contributed by atoms with E-state index in [9.17, 15) is 4.79 Å². The summed E-state index contributed by atoms with van der Waals surface area (Å²) in [6.45, 7) is 2.69. The molecule has 4 rings (SSSR count). The number of fused-ring (bicyclic) bond motifs is 1. The first-order valence-electron chi connectivity index (χ1n) is 8.47. The summed E-state index contributed by atoms with van der Waals surface area (Å²) in [6.07, 6.45) is 0. The number of para-hydroxylation sites is 1. The summed E-state index contributed by atoms with van der Waals surface area (Å²) in [5.41, 5.74) is 4.20. The molecule has 1 amide bonds. The van der Waals surface area contributed by atoms with Crippen LogP contribution in [-0.2, 0) is 17.9 Å². The molecule has 27 heavy (non-hydrogen) atoms. The first kappa shape index (κ1) is 18.0. The molecule has 0 spiro atoms. The smallest absolute Gasteiger partial charge is 0.240 e. The van der Waals surface area contributed by atoms with E-state index in [0.29, 0.717) is 10.5 Å². The van der Waals surface area contributed by atoms with Crippen LogP contribution in [0.3, 0.4) is 0 Å². The van der Waals surface area contributed by atoms with Gasteiger partial charge in [0.2, 0.25) is 5.91 Å². The Labute approximate surface area is 170 Å². The van der Waals surface area contributed by atoms with E-state index >= 15 is 0 Å². The summed E-state index contributed by atoms with van der Waals surface area (Å²) in [4.78, 5) is 17.0. The zero-order chi connectivity index (χ0) is 18.8. The van der Waals surface area contributed by atoms with E-state index < -0.39 is 0 Å². The molecule has 0 aliphatic heterocycles. The quantitative estimate of drug-likeness (QED) is 0.460. The summed E-state index contributed by atoms with van der Waals surface area (Å²) in [6, 6.07) is 16.2. The molecule has 136 valence electrons. The SMILES string of the molecule is Cc1ccc(-c2csc(=S)n2CC(=O)NCc2nc3ccccc3s2)cc1. The van der Waals surface area contributed by atoms with Crippen molar-refractivity contribution in [3.63, 3.8) is 0 Å². The van der Waals surface area contributed by atoms with Gasteiger partial charge in [-0.2, -0.15) is 0 Å². The average molecular weight is 412 g/mol. The number of aryl methyl sites for hydroxylation is 1. The topological polar surface area (TPSA) is 46.9 Å². The lowest BCUT2D eigenvalue weighted by Gasteiger charge is -2.09. The molecule has 0 saturated carbocycles. The van der Waals surface area contributed by atoms with Crippen LogP contribution in [0.4, 0.5) is 0 Å². The lowest BCUT2D eigenvalue weighted by molar-refractivity contribution is -0.121. The zero-order valence-electron chi connectivity index (χ0n) is 14.6. The Morgan fingerprint density at radius 3 is 2.74 bits per heavy atom. The molecule has 0 fully saturated rings. The number of amides is 1. The summed E-state index contributed by atoms with van der Waals surface area (Å²) in [5.74, 6) is -0.0721. The number of thiazole rings is 2. The van der Waals surface area contributed by atoms with Crippen LogP contribution in [0.1, 0.15) is 10.6 Å². The van der Waals surface area contributed by atoms with E-state index in [1.807, 2.05) is 34.2 Å². The average Bonchev–Trinajstić information content (AvgIpc) is 3.24. The van der Waals surface area contributed by atoms with E-state index in [1.54, 1.807) is 11.3 Å². The third kappa shape index (κ3) is 4.00. The highest BCUT2D eigenvalue weighted by molar-refractivity contribution is 7.73. The number of nitrogens with one attached hydrogen (secondary N) is 1. The van der Waals surface area contributed by atoms with Gasteiger partial charge in [0.25, 0.3) is 0 Å². The number of hydrogen-bond acceptors (Lipinski definition) is 5. The molecule has 0 aliphatic carbocycles. The molecule has 4 aromatic rings. The van der Waals surface area contributed by atoms with Crippen LogP contribution in [0.2, 0.25) is 0 Å². The van der Waals surface area contributed by atoms with Crippen molar-refractivity contribution >= 4 is 51.0 Å². The minimum absolute atomic E-state index is 0.0721. The number of carbonyl (C=O) groups excluding carboxylic acids is 1. The van der Waals surface area contributed by atoms with Gasteiger partial charge in [-0.25, -0.2) is 4.98 Å². The van der Waals surface area contributed by atoms with Crippen LogP contribution in [0.25, 0.3) is 21.5 Å². The van der Waals surface area contributed by atoms with Crippen molar-refractivity contribution < 1.29 is 4.79 Å². The number of benzene rings is 2. The van der Waals surface area contributed by atoms with Gasteiger partial charge in [0, 0.05) is 5.38 Å². The van der Waals surface area contributed by atoms with Gasteiger partial charge >= 0.3 is 0 Å². The molecule has 2 aromatic carbocycles. The minimum atomic E-state index is -0.0721. The Morgan fingerprint density at radius 1 is 1.19 bits per heavy atom. The van der Waals surface area contributed by atoms with Crippen molar-refractivity contribution in [3.8, 4) is 11.3 Å². The Balaban J connectivity index is 1.47. The second-order valence-corrected chi connectivity index (χ2v) is 8.81. The summed E-state index contributed by atoms with van der Waals surface area (Å²) in [7, 11) is 0. The second kappa shape index (κ2) is 7.72. The molecule has 2 aromatic heterocycles. The van der Waals surface area contributed by atoms with Gasteiger partial charge in [-0.05, 0) is 36.8 Å². The molecule has 0 saturated heterocycles. The van der Waals surface area contributed by atoms with Crippen LogP contribution in [0.5, 0.6) is 0 Å². The molecule has 4 nitrogen and oxygen atoms in total. The molecule has 0 aliphatic rings. The van der Waals surface area contributed by atoms with Crippen molar-refractivity contribution in [2.45, 2.75) is 20.0 Å². The maximum absolute atomic E-state index is 12.5. The number of carbonyl (C=O) groups is 1. The van der Waals surface area contributed by atoms with Gasteiger partial charge in [-0.15, -0.1) is 22.7 Å². The minimum Gasteiger partial charge on any atom is -0.348 e. The van der Waals surface area contributed by atoms with Crippen molar-refractivity contribution in [3.05, 3.63) is 68.4 Å². The number of nitrogens with zero attached hydrogens (tertiary/aromatic N) is 2. The predicted octanol–water partition coefficient (Wildman–Crippen LogP) is 5.18. The van der Waals surface area contributed by atoms with Gasteiger partial charge in [0.05, 0.1) is 22.5 Å². The lowest BCUT2D eigenvalue weighted by Crippen LogP contribution is -2.27. The second-order valence-electron chi connectivity index (χ2n) is 6.19. The van der Waals surface area contributed by atoms with Crippen LogP contribution < -0.4 is 5.32 Å². The van der Waals surface area contributed by atoms with Crippen LogP contribution in [0, 0.1) is 10.9 Å². The standard InChI is InChI=1S/C20H17N3OS3/c1-13-6-8-14(9-7-13)16-12-26-20(25)23(16)11-18(24)21-10-19-22-15-4-2-3-5-17(15)27-19/h2-9,12H,10-11H2,1H3,(H,21,24). The van der Waals surface area contributed by atoms with Gasteiger partial charge < -0.3 is 9.88 Å². The first-order valence-corrected chi connectivity index (χ1v) is 10.6. The van der Waals surface area contributed by atoms with Crippen LogP contribution >= 0.6 is 34.9 Å². The summed E-state index contributed by atoms with van der Waals surface area (Å²) in [5, 5.41) is 5.87. The number of rotatable bonds is 5. The van der Waals surface area contributed by atoms with E-state index in [0.717, 1.165) is 26.5 Å². The highest BCUT2D eigenvalue weighted by Gasteiger charge is 2.12. The van der Waals surface area contributed by atoms with Gasteiger partial charge in [0.1, 0.15) is 11.6 Å². The summed E-state index contributed by atoms with van der Waals surface area (Å²) >= 11 is 8.51. The normalized spacial score (nSPS) is 11.0. The fourth-order valence-corrected chi connectivity index (χ4v) is 4.78. The van der Waals surface area contributed by atoms with Crippen molar-refractivity contribution in [2.75, 3.05) is 0 Å². The van der Waals surface area contributed by atoms with Gasteiger partial charge in [-0.1, -0.05) is 42.0 Å². The molecular weight excluding hydrogens is 394 g/mol. The number of hydrogen-bond donors (Lipinski definition) is 1. The molecule has 1 N–H and O–H groups in total. The third-order valence-electron chi connectivity index (χ3n) is 4.21. The first-order chi connectivity index (χ1) is 13.1. The zero-order valence-corrected chi connectivity index (χ0v) is 17.1. The largest absolute Gasteiger partial charge is 0.348 e. The molecule has 0 bridgehead atoms. The Hall–Kier alpha value is -2.35. The van der Waals surface area contributed by atoms with Crippen molar-refractivity contribution in [1.82, 2.24) is 14.9 Å². The number of aromatic nitrogens is 2. The van der Waals surface area contributed by atoms with Crippen LogP contribution in [0.15, 0.2) is 53.9 Å². The fourth-order valence-electron chi connectivity index (χ4n) is 2.80. The van der Waals surface area contributed by atoms with E-state index in [1.165, 1.54) is 16.9 Å².